The molecular formula is C29H27Cl3FN3O4. The number of fused-ring (bicyclic) bond motifs is 1. The summed E-state index contributed by atoms with van der Waals surface area (Å²) in [6, 6.07) is 8.17. The Morgan fingerprint density at radius 3 is 2.40 bits per heavy atom. The first kappa shape index (κ1) is 29.8. The van der Waals surface area contributed by atoms with Crippen LogP contribution in [0.5, 0.6) is 0 Å². The van der Waals surface area contributed by atoms with Crippen molar-refractivity contribution in [1.82, 2.24) is 9.72 Å². The van der Waals surface area contributed by atoms with E-state index in [0.29, 0.717) is 16.5 Å². The van der Waals surface area contributed by atoms with Crippen LogP contribution < -0.4 is 5.73 Å². The Bertz CT molecular complexity index is 1640. The minimum absolute atomic E-state index is 0.0153. The maximum Gasteiger partial charge on any atom is 0.330 e. The smallest absolute Gasteiger partial charge is 0.330 e. The summed E-state index contributed by atoms with van der Waals surface area (Å²) in [5.74, 6) is -1.44. The maximum atomic E-state index is 15.3. The Kier molecular flexibility index (Phi) is 8.20. The predicted molar refractivity (Wildman–Crippen MR) is 156 cm³/mol. The van der Waals surface area contributed by atoms with Crippen LogP contribution in [0.3, 0.4) is 0 Å². The molecular weight excluding hydrogens is 580 g/mol. The van der Waals surface area contributed by atoms with Crippen LogP contribution in [-0.4, -0.2) is 33.7 Å². The van der Waals surface area contributed by atoms with Crippen molar-refractivity contribution in [3.05, 3.63) is 80.1 Å². The second-order valence-electron chi connectivity index (χ2n) is 10.6. The van der Waals surface area contributed by atoms with Gasteiger partial charge in [-0.25, -0.2) is 9.18 Å². The standard InChI is InChI=1S/C29H27Cl3FN3O4/c1-15-13-36(20-8-6-7-16(22(15)20)9-10-21(37)39-14-28(2,3)34)27(38)24-25(35-40-26(24)29(4,5)33)23-18(31)11-17(30)12-19(23)32/h6-13H,14,34H2,1-5H3/b10-9+. The number of nitrogens with two attached hydrogens (primary N) is 1. The lowest BCUT2D eigenvalue weighted by Crippen LogP contribution is -2.38. The normalized spacial score (nSPS) is 12.4. The van der Waals surface area contributed by atoms with Crippen molar-refractivity contribution in [2.75, 3.05) is 6.61 Å². The topological polar surface area (TPSA) is 100 Å². The van der Waals surface area contributed by atoms with E-state index in [1.807, 2.05) is 6.92 Å². The molecule has 0 aliphatic heterocycles. The van der Waals surface area contributed by atoms with Crippen molar-refractivity contribution in [3.8, 4) is 11.3 Å². The van der Waals surface area contributed by atoms with Crippen molar-refractivity contribution in [2.45, 2.75) is 45.8 Å². The van der Waals surface area contributed by atoms with E-state index in [4.69, 9.17) is 49.8 Å². The van der Waals surface area contributed by atoms with E-state index >= 15 is 4.39 Å². The highest BCUT2D eigenvalue weighted by atomic mass is 35.5. The van der Waals surface area contributed by atoms with E-state index in [-0.39, 0.29) is 44.3 Å². The van der Waals surface area contributed by atoms with E-state index in [1.165, 1.54) is 36.6 Å². The molecule has 11 heteroatoms. The summed E-state index contributed by atoms with van der Waals surface area (Å²) in [7, 11) is 0. The summed E-state index contributed by atoms with van der Waals surface area (Å²) in [5.41, 5.74) is 5.11. The van der Waals surface area contributed by atoms with E-state index in [9.17, 15) is 9.59 Å². The highest BCUT2D eigenvalue weighted by Crippen LogP contribution is 2.42. The predicted octanol–water partition coefficient (Wildman–Crippen LogP) is 7.75. The maximum absolute atomic E-state index is 15.3. The number of alkyl halides is 1. The summed E-state index contributed by atoms with van der Waals surface area (Å²) in [6.45, 7) is 7.89. The molecule has 2 N–H and O–H groups in total. The van der Waals surface area contributed by atoms with Gasteiger partial charge in [0.15, 0.2) is 11.4 Å². The van der Waals surface area contributed by atoms with Gasteiger partial charge in [0.25, 0.3) is 5.91 Å². The van der Waals surface area contributed by atoms with E-state index in [1.54, 1.807) is 44.3 Å². The Balaban J connectivity index is 1.83. The van der Waals surface area contributed by atoms with Gasteiger partial charge < -0.3 is 15.0 Å². The molecule has 40 heavy (non-hydrogen) atoms. The lowest BCUT2D eigenvalue weighted by molar-refractivity contribution is -0.139. The number of carbonyl (C=O) groups is 2. The molecule has 0 atom stereocenters. The van der Waals surface area contributed by atoms with Gasteiger partial charge in [0.05, 0.1) is 15.6 Å². The number of benzene rings is 2. The average Bonchev–Trinajstić information content (AvgIpc) is 3.42. The highest BCUT2D eigenvalue weighted by molar-refractivity contribution is 6.42. The molecule has 210 valence electrons. The second kappa shape index (κ2) is 11.0. The highest BCUT2D eigenvalue weighted by Gasteiger charge is 2.37. The van der Waals surface area contributed by atoms with Crippen LogP contribution in [-0.2, 0) is 15.2 Å². The lowest BCUT2D eigenvalue weighted by atomic mass is 9.98. The third-order valence-corrected chi connectivity index (χ3v) is 6.76. The fourth-order valence-electron chi connectivity index (χ4n) is 4.24. The number of aromatic nitrogens is 2. The van der Waals surface area contributed by atoms with Crippen LogP contribution in [0.15, 0.2) is 47.1 Å². The van der Waals surface area contributed by atoms with Crippen LogP contribution in [0.2, 0.25) is 15.1 Å². The van der Waals surface area contributed by atoms with Gasteiger partial charge in [-0.3, -0.25) is 9.36 Å². The molecule has 0 saturated carbocycles. The SMILES string of the molecule is Cc1cn(C(=O)c2c(-c3c(Cl)cc(Cl)cc3Cl)noc2C(C)(C)F)c2cccc(/C=C/C(=O)OCC(C)(C)N)c12. The first-order valence-corrected chi connectivity index (χ1v) is 13.3. The molecule has 0 saturated heterocycles. The first-order valence-electron chi connectivity index (χ1n) is 12.2. The zero-order valence-corrected chi connectivity index (χ0v) is 24.7. The van der Waals surface area contributed by atoms with E-state index < -0.39 is 23.1 Å². The number of esters is 1. The minimum Gasteiger partial charge on any atom is -0.461 e. The zero-order chi connectivity index (χ0) is 29.6. The van der Waals surface area contributed by atoms with Gasteiger partial charge >= 0.3 is 5.97 Å². The van der Waals surface area contributed by atoms with Crippen molar-refractivity contribution >= 4 is 63.7 Å². The second-order valence-corrected chi connectivity index (χ2v) is 11.9. The number of rotatable bonds is 7. The monoisotopic (exact) mass is 605 g/mol. The fourth-order valence-corrected chi connectivity index (χ4v) is 5.24. The van der Waals surface area contributed by atoms with Crippen LogP contribution >= 0.6 is 34.8 Å². The molecule has 0 aliphatic rings. The molecule has 0 aliphatic carbocycles. The van der Waals surface area contributed by atoms with Gasteiger partial charge in [-0.1, -0.05) is 52.1 Å². The quantitative estimate of drug-likeness (QED) is 0.171. The number of hydrogen-bond donors (Lipinski definition) is 1. The molecule has 2 aromatic heterocycles. The van der Waals surface area contributed by atoms with Gasteiger partial charge in [0.1, 0.15) is 17.9 Å². The van der Waals surface area contributed by atoms with Crippen LogP contribution in [0, 0.1) is 6.92 Å². The molecule has 2 heterocycles. The van der Waals surface area contributed by atoms with Gasteiger partial charge in [-0.15, -0.1) is 0 Å². The van der Waals surface area contributed by atoms with Gasteiger partial charge in [-0.05, 0) is 70.0 Å². The molecule has 0 fully saturated rings. The Labute approximate surface area is 245 Å². The number of carbonyl (C=O) groups excluding carboxylic acids is 2. The summed E-state index contributed by atoms with van der Waals surface area (Å²) in [4.78, 5) is 26.3. The van der Waals surface area contributed by atoms with Gasteiger partial charge in [0, 0.05) is 33.8 Å². The summed E-state index contributed by atoms with van der Waals surface area (Å²) in [5, 5.41) is 5.24. The van der Waals surface area contributed by atoms with E-state index in [0.717, 1.165) is 5.56 Å². The van der Waals surface area contributed by atoms with Crippen molar-refractivity contribution in [3.63, 3.8) is 0 Å². The average molecular weight is 607 g/mol. The molecule has 0 amide bonds. The Morgan fingerprint density at radius 2 is 1.80 bits per heavy atom. The summed E-state index contributed by atoms with van der Waals surface area (Å²) >= 11 is 18.9. The van der Waals surface area contributed by atoms with E-state index in [2.05, 4.69) is 5.16 Å². The fraction of sp³-hybridized carbons (Fsp3) is 0.276. The number of halogens is 4. The molecule has 0 spiro atoms. The Hall–Kier alpha value is -3.17. The summed E-state index contributed by atoms with van der Waals surface area (Å²) < 4.78 is 27.2. The van der Waals surface area contributed by atoms with Crippen LogP contribution in [0.4, 0.5) is 4.39 Å². The molecule has 4 rings (SSSR count). The number of ether oxygens (including phenoxy) is 1. The van der Waals surface area contributed by atoms with Crippen molar-refractivity contribution in [2.24, 2.45) is 5.73 Å². The molecule has 0 bridgehead atoms. The largest absolute Gasteiger partial charge is 0.461 e. The van der Waals surface area contributed by atoms with Crippen LogP contribution in [0.25, 0.3) is 28.2 Å². The van der Waals surface area contributed by atoms with Crippen LogP contribution in [0.1, 0.15) is 54.9 Å². The Morgan fingerprint density at radius 1 is 1.15 bits per heavy atom. The summed E-state index contributed by atoms with van der Waals surface area (Å²) in [6.07, 6.45) is 4.52. The van der Waals surface area contributed by atoms with Gasteiger partial charge in [-0.2, -0.15) is 0 Å². The number of hydrogen-bond acceptors (Lipinski definition) is 6. The number of nitrogens with zero attached hydrogens (tertiary/aromatic N) is 2. The van der Waals surface area contributed by atoms with Crippen molar-refractivity contribution in [1.29, 1.82) is 0 Å². The molecule has 2 aromatic carbocycles. The zero-order valence-electron chi connectivity index (χ0n) is 22.4. The molecule has 4 aromatic rings. The minimum atomic E-state index is -2.06. The van der Waals surface area contributed by atoms with Crippen molar-refractivity contribution < 1.29 is 23.2 Å². The molecule has 0 radical (unpaired) electrons. The molecule has 0 unspecified atom stereocenters. The first-order chi connectivity index (χ1) is 18.6. The number of aryl methyl sites for hydroxylation is 1. The third kappa shape index (κ3) is 6.10. The lowest BCUT2D eigenvalue weighted by Gasteiger charge is -2.17. The molecule has 7 nitrogen and oxygen atoms in total. The third-order valence-electron chi connectivity index (χ3n) is 5.95. The van der Waals surface area contributed by atoms with Gasteiger partial charge in [0.2, 0.25) is 0 Å².